The number of alkyl halides is 6. The van der Waals surface area contributed by atoms with E-state index in [0.29, 0.717) is 6.07 Å². The number of pyridine rings is 1. The quantitative estimate of drug-likeness (QED) is 0.606. The van der Waals surface area contributed by atoms with Gasteiger partial charge in [0, 0.05) is 32.3 Å². The average molecular weight is 513 g/mol. The highest BCUT2D eigenvalue weighted by molar-refractivity contribution is 7.92. The molecule has 0 saturated carbocycles. The Hall–Kier alpha value is -2.84. The average Bonchev–Trinajstić information content (AvgIpc) is 3.16. The molecule has 15 heteroatoms. The van der Waals surface area contributed by atoms with Gasteiger partial charge in [0.1, 0.15) is 16.3 Å². The van der Waals surface area contributed by atoms with Gasteiger partial charge in [0.15, 0.2) is 0 Å². The highest BCUT2D eigenvalue weighted by Gasteiger charge is 2.50. The standard InChI is InChI=1S/C19H21F6N5O3S/c1-18(22,34(32,33)13-10-29(2)28-15(13)16(20)21)11-5-7-30(8-6-11)17(31)27-12-3-4-14(26-9-12)19(23,24)25/h3-4,9-11,16H,5-8H2,1-2H3,(H,27,31)/t18-/m1/s1. The summed E-state index contributed by atoms with van der Waals surface area (Å²) < 4.78 is 107. The molecule has 2 aromatic heterocycles. The lowest BCUT2D eigenvalue weighted by Crippen LogP contribution is -2.48. The predicted octanol–water partition coefficient (Wildman–Crippen LogP) is 4.18. The molecule has 0 spiro atoms. The first-order chi connectivity index (χ1) is 15.6. The number of piperidine rings is 1. The van der Waals surface area contributed by atoms with E-state index < -0.39 is 55.7 Å². The summed E-state index contributed by atoms with van der Waals surface area (Å²) in [5.41, 5.74) is -2.15. The van der Waals surface area contributed by atoms with E-state index in [0.717, 1.165) is 30.1 Å². The van der Waals surface area contributed by atoms with Gasteiger partial charge in [-0.1, -0.05) is 0 Å². The molecule has 1 atom stereocenters. The van der Waals surface area contributed by atoms with Gasteiger partial charge in [0.25, 0.3) is 6.43 Å². The van der Waals surface area contributed by atoms with E-state index in [4.69, 9.17) is 0 Å². The summed E-state index contributed by atoms with van der Waals surface area (Å²) in [6.45, 7) is 0.682. The first-order valence-electron chi connectivity index (χ1n) is 9.99. The minimum atomic E-state index is -4.84. The first kappa shape index (κ1) is 25.8. The van der Waals surface area contributed by atoms with E-state index in [-0.39, 0.29) is 31.6 Å². The third-order valence-corrected chi connectivity index (χ3v) is 7.94. The van der Waals surface area contributed by atoms with Crippen molar-refractivity contribution in [2.75, 3.05) is 18.4 Å². The van der Waals surface area contributed by atoms with Crippen LogP contribution in [-0.2, 0) is 23.1 Å². The van der Waals surface area contributed by atoms with Gasteiger partial charge in [0.05, 0.1) is 11.9 Å². The molecule has 3 rings (SSSR count). The lowest BCUT2D eigenvalue weighted by Gasteiger charge is -2.37. The Labute approximate surface area is 190 Å². The zero-order chi connectivity index (χ0) is 25.5. The minimum absolute atomic E-state index is 0.00846. The van der Waals surface area contributed by atoms with Crippen molar-refractivity contribution >= 4 is 21.6 Å². The van der Waals surface area contributed by atoms with Crippen molar-refractivity contribution in [3.63, 3.8) is 0 Å². The number of sulfone groups is 1. The van der Waals surface area contributed by atoms with Gasteiger partial charge in [-0.2, -0.15) is 18.3 Å². The number of rotatable bonds is 5. The van der Waals surface area contributed by atoms with Gasteiger partial charge in [-0.05, 0) is 31.9 Å². The predicted molar refractivity (Wildman–Crippen MR) is 107 cm³/mol. The molecular formula is C19H21F6N5O3S. The number of aromatic nitrogens is 3. The zero-order valence-electron chi connectivity index (χ0n) is 18.0. The van der Waals surface area contributed by atoms with Crippen LogP contribution in [0.2, 0.25) is 0 Å². The Morgan fingerprint density at radius 1 is 1.18 bits per heavy atom. The van der Waals surface area contributed by atoms with Crippen molar-refractivity contribution in [1.82, 2.24) is 19.7 Å². The summed E-state index contributed by atoms with van der Waals surface area (Å²) in [7, 11) is -3.60. The number of urea groups is 1. The summed E-state index contributed by atoms with van der Waals surface area (Å²) in [6, 6.07) is 1.05. The van der Waals surface area contributed by atoms with Crippen molar-refractivity contribution in [2.45, 2.75) is 42.3 Å². The van der Waals surface area contributed by atoms with Crippen LogP contribution in [0.4, 0.5) is 36.8 Å². The number of halogens is 6. The summed E-state index contributed by atoms with van der Waals surface area (Å²) in [6.07, 6.45) is -6.35. The number of nitrogens with zero attached hydrogens (tertiary/aromatic N) is 4. The highest BCUT2D eigenvalue weighted by atomic mass is 32.2. The topological polar surface area (TPSA) is 97.2 Å². The molecule has 1 fully saturated rings. The molecule has 1 aliphatic rings. The third-order valence-electron chi connectivity index (χ3n) is 5.66. The molecule has 34 heavy (non-hydrogen) atoms. The molecule has 2 amide bonds. The molecule has 2 aromatic rings. The fraction of sp³-hybridized carbons (Fsp3) is 0.526. The van der Waals surface area contributed by atoms with Crippen LogP contribution in [0.15, 0.2) is 29.4 Å². The smallest absolute Gasteiger partial charge is 0.325 e. The summed E-state index contributed by atoms with van der Waals surface area (Å²) >= 11 is 0. The fourth-order valence-electron chi connectivity index (χ4n) is 3.71. The number of likely N-dealkylation sites (tertiary alicyclic amines) is 1. The molecule has 0 aliphatic carbocycles. The number of carbonyl (C=O) groups excluding carboxylic acids is 1. The van der Waals surface area contributed by atoms with Crippen molar-refractivity contribution in [3.8, 4) is 0 Å². The molecule has 0 aromatic carbocycles. The molecular weight excluding hydrogens is 492 g/mol. The van der Waals surface area contributed by atoms with Crippen LogP contribution >= 0.6 is 0 Å². The number of aryl methyl sites for hydroxylation is 1. The third kappa shape index (κ3) is 4.98. The Morgan fingerprint density at radius 2 is 1.79 bits per heavy atom. The molecule has 3 heterocycles. The van der Waals surface area contributed by atoms with Crippen LogP contribution in [0.25, 0.3) is 0 Å². The molecule has 188 valence electrons. The van der Waals surface area contributed by atoms with E-state index in [1.165, 1.54) is 11.9 Å². The van der Waals surface area contributed by atoms with Crippen LogP contribution in [-0.4, -0.2) is 52.2 Å². The molecule has 1 N–H and O–H groups in total. The lowest BCUT2D eigenvalue weighted by atomic mass is 9.92. The second kappa shape index (κ2) is 9.07. The maximum atomic E-state index is 15.6. The van der Waals surface area contributed by atoms with Gasteiger partial charge in [-0.3, -0.25) is 4.68 Å². The van der Waals surface area contributed by atoms with Crippen LogP contribution in [0.5, 0.6) is 0 Å². The van der Waals surface area contributed by atoms with Crippen LogP contribution in [0.1, 0.15) is 37.6 Å². The van der Waals surface area contributed by atoms with Crippen LogP contribution < -0.4 is 5.32 Å². The monoisotopic (exact) mass is 513 g/mol. The van der Waals surface area contributed by atoms with Crippen molar-refractivity contribution in [3.05, 3.63) is 35.9 Å². The molecule has 0 unspecified atom stereocenters. The maximum absolute atomic E-state index is 15.6. The lowest BCUT2D eigenvalue weighted by molar-refractivity contribution is -0.141. The minimum Gasteiger partial charge on any atom is -0.325 e. The van der Waals surface area contributed by atoms with E-state index in [1.807, 2.05) is 0 Å². The second-order valence-electron chi connectivity index (χ2n) is 7.96. The van der Waals surface area contributed by atoms with Crippen LogP contribution in [0.3, 0.4) is 0 Å². The number of hydrogen-bond donors (Lipinski definition) is 1. The molecule has 1 aliphatic heterocycles. The summed E-state index contributed by atoms with van der Waals surface area (Å²) in [4.78, 5) is 16.0. The van der Waals surface area contributed by atoms with Gasteiger partial charge in [-0.25, -0.2) is 31.4 Å². The van der Waals surface area contributed by atoms with Crippen molar-refractivity contribution < 1.29 is 39.6 Å². The molecule has 0 bridgehead atoms. The van der Waals surface area contributed by atoms with Gasteiger partial charge in [-0.15, -0.1) is 0 Å². The number of hydrogen-bond acceptors (Lipinski definition) is 5. The van der Waals surface area contributed by atoms with E-state index in [2.05, 4.69) is 15.4 Å². The number of amides is 2. The maximum Gasteiger partial charge on any atom is 0.433 e. The number of nitrogens with one attached hydrogen (secondary N) is 1. The molecule has 8 nitrogen and oxygen atoms in total. The van der Waals surface area contributed by atoms with Crippen molar-refractivity contribution in [2.24, 2.45) is 13.0 Å². The highest BCUT2D eigenvalue weighted by Crippen LogP contribution is 2.41. The normalized spacial score (nSPS) is 17.6. The SMILES string of the molecule is Cn1cc(S(=O)(=O)[C@@](C)(F)C2CCN(C(=O)Nc3ccc(C(F)(F)F)nc3)CC2)c(C(F)F)n1. The Morgan fingerprint density at radius 3 is 2.29 bits per heavy atom. The number of anilines is 1. The Balaban J connectivity index is 1.67. The van der Waals surface area contributed by atoms with Gasteiger partial charge in [0.2, 0.25) is 14.8 Å². The van der Waals surface area contributed by atoms with Gasteiger partial charge < -0.3 is 10.2 Å². The van der Waals surface area contributed by atoms with Crippen molar-refractivity contribution in [1.29, 1.82) is 0 Å². The summed E-state index contributed by atoms with van der Waals surface area (Å²) in [5.74, 6) is -1.10. The molecule has 0 radical (unpaired) electrons. The van der Waals surface area contributed by atoms with E-state index in [9.17, 15) is 35.2 Å². The largest absolute Gasteiger partial charge is 0.433 e. The second-order valence-corrected chi connectivity index (χ2v) is 10.2. The Kier molecular flexibility index (Phi) is 6.88. The van der Waals surface area contributed by atoms with E-state index >= 15 is 4.39 Å². The zero-order valence-corrected chi connectivity index (χ0v) is 18.8. The summed E-state index contributed by atoms with van der Waals surface area (Å²) in [5, 5.41) is 2.89. The van der Waals surface area contributed by atoms with Crippen LogP contribution in [0, 0.1) is 5.92 Å². The van der Waals surface area contributed by atoms with E-state index in [1.54, 1.807) is 0 Å². The van der Waals surface area contributed by atoms with Gasteiger partial charge >= 0.3 is 12.2 Å². The fourth-order valence-corrected chi connectivity index (χ4v) is 5.51. The Bertz CT molecular complexity index is 1140. The first-order valence-corrected chi connectivity index (χ1v) is 11.5. The molecule has 1 saturated heterocycles. The number of carbonyl (C=O) groups is 1.